The van der Waals surface area contributed by atoms with Crippen LogP contribution in [0.5, 0.6) is 0 Å². The van der Waals surface area contributed by atoms with Crippen molar-refractivity contribution in [2.24, 2.45) is 5.73 Å². The van der Waals surface area contributed by atoms with Crippen LogP contribution in [0, 0.1) is 0 Å². The molecule has 1 rings (SSSR count). The van der Waals surface area contributed by atoms with Crippen LogP contribution >= 0.6 is 0 Å². The second kappa shape index (κ2) is 4.36. The van der Waals surface area contributed by atoms with E-state index in [0.717, 1.165) is 0 Å². The minimum atomic E-state index is -4.88. The van der Waals surface area contributed by atoms with E-state index < -0.39 is 24.2 Å². The van der Waals surface area contributed by atoms with Crippen LogP contribution in [0.15, 0.2) is 0 Å². The lowest BCUT2D eigenvalue weighted by molar-refractivity contribution is -0.187. The molecule has 0 aliphatic carbocycles. The van der Waals surface area contributed by atoms with Crippen LogP contribution in [0.4, 0.5) is 13.2 Å². The summed E-state index contributed by atoms with van der Waals surface area (Å²) >= 11 is 0. The van der Waals surface area contributed by atoms with Crippen molar-refractivity contribution >= 4 is 5.91 Å². The van der Waals surface area contributed by atoms with Crippen molar-refractivity contribution in [3.8, 4) is 0 Å². The maximum absolute atomic E-state index is 12.1. The van der Waals surface area contributed by atoms with Gasteiger partial charge in [0.2, 0.25) is 0 Å². The summed E-state index contributed by atoms with van der Waals surface area (Å²) in [6, 6.07) is -0.802. The smallest absolute Gasteiger partial charge is 0.390 e. The van der Waals surface area contributed by atoms with Gasteiger partial charge >= 0.3 is 12.1 Å². The topological polar surface area (TPSA) is 66.6 Å². The fourth-order valence-corrected chi connectivity index (χ4v) is 1.76. The van der Waals surface area contributed by atoms with Crippen molar-refractivity contribution in [1.82, 2.24) is 4.90 Å². The number of carbonyl (C=O) groups is 1. The molecule has 0 aromatic heterocycles. The van der Waals surface area contributed by atoms with E-state index >= 15 is 0 Å². The van der Waals surface area contributed by atoms with Gasteiger partial charge in [-0.2, -0.15) is 13.2 Å². The molecule has 7 heteroatoms. The zero-order chi connectivity index (χ0) is 11.6. The Morgan fingerprint density at radius 3 is 2.67 bits per heavy atom. The summed E-state index contributed by atoms with van der Waals surface area (Å²) in [5.41, 5.74) is 5.15. The molecule has 2 unspecified atom stereocenters. The summed E-state index contributed by atoms with van der Waals surface area (Å²) < 4.78 is 36.4. The Balaban J connectivity index is 2.73. The molecule has 0 spiro atoms. The first-order valence-electron chi connectivity index (χ1n) is 4.64. The molecule has 0 radical (unpaired) electrons. The quantitative estimate of drug-likeness (QED) is 0.688. The van der Waals surface area contributed by atoms with Gasteiger partial charge in [-0.3, -0.25) is 4.79 Å². The normalized spacial score (nSPS) is 24.3. The Kier molecular flexibility index (Phi) is 3.56. The number of amides is 1. The Hall–Kier alpha value is -0.820. The third kappa shape index (κ3) is 2.60. The van der Waals surface area contributed by atoms with Crippen molar-refractivity contribution < 1.29 is 23.1 Å². The molecule has 4 nitrogen and oxygen atoms in total. The first-order chi connectivity index (χ1) is 6.88. The molecule has 0 saturated carbocycles. The molecule has 0 aromatic rings. The van der Waals surface area contributed by atoms with Crippen molar-refractivity contribution in [2.45, 2.75) is 31.2 Å². The van der Waals surface area contributed by atoms with Crippen LogP contribution in [-0.4, -0.2) is 47.3 Å². The third-order valence-electron chi connectivity index (χ3n) is 2.49. The molecule has 0 bridgehead atoms. The number of nitrogens with zero attached hydrogens (tertiary/aromatic N) is 1. The maximum Gasteiger partial charge on any atom is 0.471 e. The summed E-state index contributed by atoms with van der Waals surface area (Å²) in [7, 11) is 0. The van der Waals surface area contributed by atoms with Crippen LogP contribution in [0.2, 0.25) is 0 Å². The van der Waals surface area contributed by atoms with E-state index in [1.807, 2.05) is 0 Å². The summed E-state index contributed by atoms with van der Waals surface area (Å²) in [6.07, 6.45) is -5.14. The fourth-order valence-electron chi connectivity index (χ4n) is 1.76. The Bertz CT molecular complexity index is 245. The van der Waals surface area contributed by atoms with E-state index in [0.29, 0.717) is 17.7 Å². The molecular weight excluding hydrogens is 213 g/mol. The summed E-state index contributed by atoms with van der Waals surface area (Å²) in [5, 5.41) is 9.36. The average Bonchev–Trinajstić information content (AvgIpc) is 2.62. The number of hydrogen-bond donors (Lipinski definition) is 2. The number of aliphatic hydroxyl groups is 1. The van der Waals surface area contributed by atoms with Gasteiger partial charge in [0.1, 0.15) is 0 Å². The Labute approximate surface area is 84.8 Å². The maximum atomic E-state index is 12.1. The Morgan fingerprint density at radius 1 is 1.60 bits per heavy atom. The van der Waals surface area contributed by atoms with Gasteiger partial charge < -0.3 is 15.7 Å². The van der Waals surface area contributed by atoms with Crippen LogP contribution in [-0.2, 0) is 4.79 Å². The first-order valence-corrected chi connectivity index (χ1v) is 4.64. The van der Waals surface area contributed by atoms with Crippen LogP contribution in [0.3, 0.4) is 0 Å². The predicted octanol–water partition coefficient (Wildman–Crippen LogP) is -0.141. The van der Waals surface area contributed by atoms with E-state index in [2.05, 4.69) is 0 Å². The molecular formula is C8H13F3N2O2. The van der Waals surface area contributed by atoms with Gasteiger partial charge in [-0.25, -0.2) is 0 Å². The van der Waals surface area contributed by atoms with Gasteiger partial charge in [0.25, 0.3) is 0 Å². The van der Waals surface area contributed by atoms with Crippen LogP contribution in [0.1, 0.15) is 12.8 Å². The lowest BCUT2D eigenvalue weighted by Gasteiger charge is -2.28. The minimum absolute atomic E-state index is 0.0278. The molecule has 15 heavy (non-hydrogen) atoms. The van der Waals surface area contributed by atoms with E-state index in [1.54, 1.807) is 0 Å². The number of likely N-dealkylation sites (tertiary alicyclic amines) is 1. The highest BCUT2D eigenvalue weighted by molar-refractivity contribution is 5.82. The molecule has 1 fully saturated rings. The van der Waals surface area contributed by atoms with Gasteiger partial charge in [-0.15, -0.1) is 0 Å². The van der Waals surface area contributed by atoms with Gasteiger partial charge in [0.15, 0.2) is 0 Å². The monoisotopic (exact) mass is 226 g/mol. The van der Waals surface area contributed by atoms with Crippen LogP contribution in [0.25, 0.3) is 0 Å². The van der Waals surface area contributed by atoms with Gasteiger partial charge in [-0.05, 0) is 12.8 Å². The summed E-state index contributed by atoms with van der Waals surface area (Å²) in [4.78, 5) is 11.6. The number of carbonyl (C=O) groups excluding carboxylic acids is 1. The highest BCUT2D eigenvalue weighted by Crippen LogP contribution is 2.26. The largest absolute Gasteiger partial charge is 0.471 e. The fraction of sp³-hybridized carbons (Fsp3) is 0.875. The molecule has 1 aliphatic rings. The second-order valence-electron chi connectivity index (χ2n) is 3.51. The second-order valence-corrected chi connectivity index (χ2v) is 3.51. The van der Waals surface area contributed by atoms with E-state index in [4.69, 9.17) is 5.73 Å². The average molecular weight is 226 g/mol. The van der Waals surface area contributed by atoms with E-state index in [9.17, 15) is 23.1 Å². The molecule has 1 aliphatic heterocycles. The minimum Gasteiger partial charge on any atom is -0.390 e. The van der Waals surface area contributed by atoms with Gasteiger partial charge in [0, 0.05) is 13.1 Å². The van der Waals surface area contributed by atoms with Gasteiger partial charge in [-0.1, -0.05) is 0 Å². The lowest BCUT2D eigenvalue weighted by atomic mass is 10.1. The molecule has 88 valence electrons. The number of rotatable bonds is 2. The summed E-state index contributed by atoms with van der Waals surface area (Å²) in [6.45, 7) is -0.119. The number of hydrogen-bond acceptors (Lipinski definition) is 3. The highest BCUT2D eigenvalue weighted by Gasteiger charge is 2.47. The molecule has 3 N–H and O–H groups in total. The Morgan fingerprint density at radius 2 is 2.20 bits per heavy atom. The number of halogens is 3. The SMILES string of the molecule is NCC(O)C1CCCN1C(=O)C(F)(F)F. The number of nitrogens with two attached hydrogens (primary N) is 1. The predicted molar refractivity (Wildman–Crippen MR) is 45.9 cm³/mol. The van der Waals surface area contributed by atoms with E-state index in [1.165, 1.54) is 0 Å². The van der Waals surface area contributed by atoms with Crippen molar-refractivity contribution in [3.63, 3.8) is 0 Å². The van der Waals surface area contributed by atoms with Crippen molar-refractivity contribution in [2.75, 3.05) is 13.1 Å². The van der Waals surface area contributed by atoms with Crippen molar-refractivity contribution in [3.05, 3.63) is 0 Å². The zero-order valence-corrected chi connectivity index (χ0v) is 8.00. The third-order valence-corrected chi connectivity index (χ3v) is 2.49. The lowest BCUT2D eigenvalue weighted by Crippen LogP contribution is -2.50. The molecule has 1 saturated heterocycles. The molecule has 0 aromatic carbocycles. The standard InChI is InChI=1S/C8H13F3N2O2/c9-8(10,11)7(15)13-3-1-2-5(13)6(14)4-12/h5-6,14H,1-4,12H2. The molecule has 2 atom stereocenters. The highest BCUT2D eigenvalue weighted by atomic mass is 19.4. The molecule has 1 amide bonds. The van der Waals surface area contributed by atoms with Crippen LogP contribution < -0.4 is 5.73 Å². The first kappa shape index (κ1) is 12.3. The number of alkyl halides is 3. The van der Waals surface area contributed by atoms with Gasteiger partial charge in [0.05, 0.1) is 12.1 Å². The van der Waals surface area contributed by atoms with Crippen molar-refractivity contribution in [1.29, 1.82) is 0 Å². The molecule has 1 heterocycles. The number of aliphatic hydroxyl groups excluding tert-OH is 1. The zero-order valence-electron chi connectivity index (χ0n) is 8.00. The summed E-state index contributed by atoms with van der Waals surface area (Å²) in [5.74, 6) is -1.89. The van der Waals surface area contributed by atoms with E-state index in [-0.39, 0.29) is 13.1 Å².